The van der Waals surface area contributed by atoms with Gasteiger partial charge in [-0.25, -0.2) is 8.42 Å². The van der Waals surface area contributed by atoms with Gasteiger partial charge < -0.3 is 15.7 Å². The molecular formula is C9H16N2O4S. The maximum atomic E-state index is 11.3. The standard InChI is InChI=1S/C9H16N2O4S/c12-8-5-16(14,15)4-7(8)10-3-9(13)11-6-1-2-6/h6-8,10,12H,1-5H2,(H,11,13). The van der Waals surface area contributed by atoms with Gasteiger partial charge in [0.15, 0.2) is 9.84 Å². The van der Waals surface area contributed by atoms with E-state index in [0.717, 1.165) is 12.8 Å². The van der Waals surface area contributed by atoms with Gasteiger partial charge in [-0.15, -0.1) is 0 Å². The van der Waals surface area contributed by atoms with E-state index in [-0.39, 0.29) is 24.0 Å². The van der Waals surface area contributed by atoms with Gasteiger partial charge in [-0.05, 0) is 12.8 Å². The molecule has 1 saturated carbocycles. The Hall–Kier alpha value is -0.660. The maximum absolute atomic E-state index is 11.3. The first kappa shape index (κ1) is 11.8. The van der Waals surface area contributed by atoms with Crippen molar-refractivity contribution in [2.45, 2.75) is 31.0 Å². The van der Waals surface area contributed by atoms with Crippen LogP contribution in [0.4, 0.5) is 0 Å². The third-order valence-corrected chi connectivity index (χ3v) is 4.51. The van der Waals surface area contributed by atoms with Crippen LogP contribution in [0.5, 0.6) is 0 Å². The van der Waals surface area contributed by atoms with Gasteiger partial charge in [0, 0.05) is 12.1 Å². The van der Waals surface area contributed by atoms with Crippen LogP contribution in [0, 0.1) is 0 Å². The zero-order chi connectivity index (χ0) is 11.8. The van der Waals surface area contributed by atoms with Crippen LogP contribution < -0.4 is 10.6 Å². The maximum Gasteiger partial charge on any atom is 0.234 e. The monoisotopic (exact) mass is 248 g/mol. The van der Waals surface area contributed by atoms with Gasteiger partial charge in [0.05, 0.1) is 24.2 Å². The lowest BCUT2D eigenvalue weighted by Crippen LogP contribution is -2.44. The fourth-order valence-corrected chi connectivity index (χ4v) is 3.53. The van der Waals surface area contributed by atoms with Gasteiger partial charge in [-0.3, -0.25) is 4.79 Å². The van der Waals surface area contributed by atoms with Crippen LogP contribution in [0.2, 0.25) is 0 Å². The number of carbonyl (C=O) groups is 1. The summed E-state index contributed by atoms with van der Waals surface area (Å²) in [6.45, 7) is 0.0632. The van der Waals surface area contributed by atoms with E-state index in [0.29, 0.717) is 6.04 Å². The van der Waals surface area contributed by atoms with E-state index in [1.165, 1.54) is 0 Å². The zero-order valence-electron chi connectivity index (χ0n) is 8.85. The second-order valence-corrected chi connectivity index (χ2v) is 6.63. The molecule has 0 spiro atoms. The van der Waals surface area contributed by atoms with Crippen LogP contribution in [0.15, 0.2) is 0 Å². The van der Waals surface area contributed by atoms with Crippen LogP contribution in [0.25, 0.3) is 0 Å². The van der Waals surface area contributed by atoms with Crippen molar-refractivity contribution in [3.05, 3.63) is 0 Å². The first-order valence-electron chi connectivity index (χ1n) is 5.37. The number of amides is 1. The highest BCUT2D eigenvalue weighted by molar-refractivity contribution is 7.91. The smallest absolute Gasteiger partial charge is 0.234 e. The van der Waals surface area contributed by atoms with E-state index < -0.39 is 22.0 Å². The Morgan fingerprint density at radius 1 is 1.31 bits per heavy atom. The topological polar surface area (TPSA) is 95.5 Å². The van der Waals surface area contributed by atoms with Crippen LogP contribution in [-0.2, 0) is 14.6 Å². The minimum Gasteiger partial charge on any atom is -0.390 e. The molecule has 0 radical (unpaired) electrons. The van der Waals surface area contributed by atoms with E-state index in [4.69, 9.17) is 0 Å². The quantitative estimate of drug-likeness (QED) is 0.535. The van der Waals surface area contributed by atoms with Gasteiger partial charge in [-0.1, -0.05) is 0 Å². The highest BCUT2D eigenvalue weighted by atomic mass is 32.2. The summed E-state index contributed by atoms with van der Waals surface area (Å²) >= 11 is 0. The van der Waals surface area contributed by atoms with Crippen molar-refractivity contribution in [3.63, 3.8) is 0 Å². The van der Waals surface area contributed by atoms with Gasteiger partial charge in [0.2, 0.25) is 5.91 Å². The first-order valence-corrected chi connectivity index (χ1v) is 7.20. The third kappa shape index (κ3) is 3.16. The molecule has 0 aromatic rings. The molecule has 0 aromatic carbocycles. The number of nitrogens with one attached hydrogen (secondary N) is 2. The van der Waals surface area contributed by atoms with E-state index in [1.54, 1.807) is 0 Å². The predicted molar refractivity (Wildman–Crippen MR) is 57.6 cm³/mol. The number of carbonyl (C=O) groups excluding carboxylic acids is 1. The molecule has 7 heteroatoms. The van der Waals surface area contributed by atoms with Gasteiger partial charge in [-0.2, -0.15) is 0 Å². The molecule has 16 heavy (non-hydrogen) atoms. The molecule has 92 valence electrons. The fourth-order valence-electron chi connectivity index (χ4n) is 1.75. The Balaban J connectivity index is 1.75. The van der Waals surface area contributed by atoms with Crippen molar-refractivity contribution in [2.24, 2.45) is 0 Å². The summed E-state index contributed by atoms with van der Waals surface area (Å²) in [5, 5.41) is 15.0. The summed E-state index contributed by atoms with van der Waals surface area (Å²) in [5.74, 6) is -0.446. The van der Waals surface area contributed by atoms with Crippen molar-refractivity contribution in [1.29, 1.82) is 0 Å². The molecule has 1 amide bonds. The molecule has 2 aliphatic rings. The highest BCUT2D eigenvalue weighted by Crippen LogP contribution is 2.18. The third-order valence-electron chi connectivity index (χ3n) is 2.79. The average molecular weight is 248 g/mol. The molecule has 0 aromatic heterocycles. The van der Waals surface area contributed by atoms with E-state index in [1.807, 2.05) is 0 Å². The lowest BCUT2D eigenvalue weighted by atomic mass is 10.2. The summed E-state index contributed by atoms with van der Waals surface area (Å²) in [6.07, 6.45) is 1.14. The highest BCUT2D eigenvalue weighted by Gasteiger charge is 2.36. The Morgan fingerprint density at radius 2 is 2.00 bits per heavy atom. The molecular weight excluding hydrogens is 232 g/mol. The summed E-state index contributed by atoms with van der Waals surface area (Å²) in [4.78, 5) is 11.3. The summed E-state index contributed by atoms with van der Waals surface area (Å²) in [6, 6.07) is -0.221. The van der Waals surface area contributed by atoms with Gasteiger partial charge in [0.1, 0.15) is 0 Å². The van der Waals surface area contributed by atoms with Crippen molar-refractivity contribution in [2.75, 3.05) is 18.1 Å². The second kappa shape index (κ2) is 4.31. The largest absolute Gasteiger partial charge is 0.390 e. The molecule has 1 aliphatic heterocycles. The van der Waals surface area contributed by atoms with Crippen molar-refractivity contribution in [1.82, 2.24) is 10.6 Å². The molecule has 2 fully saturated rings. The fraction of sp³-hybridized carbons (Fsp3) is 0.889. The van der Waals surface area contributed by atoms with Crippen molar-refractivity contribution < 1.29 is 18.3 Å². The lowest BCUT2D eigenvalue weighted by molar-refractivity contribution is -0.120. The van der Waals surface area contributed by atoms with E-state index >= 15 is 0 Å². The summed E-state index contributed by atoms with van der Waals surface area (Å²) in [7, 11) is -3.15. The van der Waals surface area contributed by atoms with Crippen LogP contribution in [0.3, 0.4) is 0 Å². The summed E-state index contributed by atoms with van der Waals surface area (Å²) in [5.41, 5.74) is 0. The van der Waals surface area contributed by atoms with Crippen molar-refractivity contribution >= 4 is 15.7 Å². The Kier molecular flexibility index (Phi) is 3.18. The molecule has 2 atom stereocenters. The van der Waals surface area contributed by atoms with E-state index in [2.05, 4.69) is 10.6 Å². The van der Waals surface area contributed by atoms with Crippen LogP contribution >= 0.6 is 0 Å². The molecule has 2 rings (SSSR count). The second-order valence-electron chi connectivity index (χ2n) is 4.47. The molecule has 2 unspecified atom stereocenters. The normalized spacial score (nSPS) is 32.6. The van der Waals surface area contributed by atoms with Crippen LogP contribution in [-0.4, -0.2) is 55.7 Å². The minimum atomic E-state index is -3.15. The minimum absolute atomic E-state index is 0.0632. The number of hydrogen-bond acceptors (Lipinski definition) is 5. The predicted octanol–water partition coefficient (Wildman–Crippen LogP) is -1.99. The number of rotatable bonds is 4. The van der Waals surface area contributed by atoms with Gasteiger partial charge >= 0.3 is 0 Å². The first-order chi connectivity index (χ1) is 7.46. The number of hydrogen-bond donors (Lipinski definition) is 3. The van der Waals surface area contributed by atoms with E-state index in [9.17, 15) is 18.3 Å². The number of sulfone groups is 1. The van der Waals surface area contributed by atoms with Gasteiger partial charge in [0.25, 0.3) is 0 Å². The molecule has 1 heterocycles. The average Bonchev–Trinajstić information content (AvgIpc) is 2.90. The Labute approximate surface area is 94.3 Å². The molecule has 1 aliphatic carbocycles. The molecule has 6 nitrogen and oxygen atoms in total. The SMILES string of the molecule is O=C(CNC1CS(=O)(=O)CC1O)NC1CC1. The lowest BCUT2D eigenvalue weighted by Gasteiger charge is -2.14. The number of aliphatic hydroxyl groups is 1. The van der Waals surface area contributed by atoms with Crippen LogP contribution in [0.1, 0.15) is 12.8 Å². The Morgan fingerprint density at radius 3 is 2.50 bits per heavy atom. The molecule has 3 N–H and O–H groups in total. The molecule has 1 saturated heterocycles. The van der Waals surface area contributed by atoms with Crippen molar-refractivity contribution in [3.8, 4) is 0 Å². The summed E-state index contributed by atoms with van der Waals surface area (Å²) < 4.78 is 22.4. The molecule has 0 bridgehead atoms. The number of aliphatic hydroxyl groups excluding tert-OH is 1. The zero-order valence-corrected chi connectivity index (χ0v) is 9.66. The Bertz CT molecular complexity index is 377.